The number of aryl methyl sites for hydroxylation is 4. The van der Waals surface area contributed by atoms with Gasteiger partial charge < -0.3 is 0 Å². The summed E-state index contributed by atoms with van der Waals surface area (Å²) in [6, 6.07) is 13.8. The first-order chi connectivity index (χ1) is 14.0. The van der Waals surface area contributed by atoms with Crippen molar-refractivity contribution >= 4 is 0 Å². The number of rotatable bonds is 6. The molecular formula is C25H32N4. The molecule has 0 N–H and O–H groups in total. The van der Waals surface area contributed by atoms with Crippen molar-refractivity contribution in [3.63, 3.8) is 0 Å². The van der Waals surface area contributed by atoms with Crippen LogP contribution in [0.1, 0.15) is 65.1 Å². The Morgan fingerprint density at radius 1 is 1.07 bits per heavy atom. The van der Waals surface area contributed by atoms with E-state index in [0.29, 0.717) is 6.04 Å². The summed E-state index contributed by atoms with van der Waals surface area (Å²) in [7, 11) is 0. The molecule has 3 aromatic rings. The second-order valence-corrected chi connectivity index (χ2v) is 8.43. The molecule has 0 unspecified atom stereocenters. The highest BCUT2D eigenvalue weighted by atomic mass is 15.3. The van der Waals surface area contributed by atoms with E-state index in [1.807, 2.05) is 4.68 Å². The number of hydrogen-bond donors (Lipinski definition) is 0. The molecule has 1 fully saturated rings. The highest BCUT2D eigenvalue weighted by Gasteiger charge is 2.28. The molecule has 1 saturated heterocycles. The first-order valence-corrected chi connectivity index (χ1v) is 10.8. The molecule has 4 rings (SSSR count). The van der Waals surface area contributed by atoms with Crippen molar-refractivity contribution in [1.29, 1.82) is 0 Å². The Kier molecular flexibility index (Phi) is 5.81. The molecule has 1 atom stereocenters. The van der Waals surface area contributed by atoms with Gasteiger partial charge in [0.15, 0.2) is 0 Å². The molecule has 0 radical (unpaired) electrons. The van der Waals surface area contributed by atoms with E-state index in [1.54, 1.807) is 0 Å². The van der Waals surface area contributed by atoms with Crippen LogP contribution in [0.4, 0.5) is 0 Å². The van der Waals surface area contributed by atoms with Crippen molar-refractivity contribution in [3.8, 4) is 0 Å². The Labute approximate surface area is 174 Å². The van der Waals surface area contributed by atoms with E-state index in [9.17, 15) is 0 Å². The van der Waals surface area contributed by atoms with Crippen LogP contribution in [0, 0.1) is 20.8 Å². The van der Waals surface area contributed by atoms with Crippen LogP contribution in [-0.4, -0.2) is 26.2 Å². The van der Waals surface area contributed by atoms with Crippen LogP contribution in [0.25, 0.3) is 0 Å². The molecule has 2 aromatic heterocycles. The molecule has 0 saturated carbocycles. The zero-order chi connectivity index (χ0) is 20.4. The van der Waals surface area contributed by atoms with E-state index < -0.39 is 0 Å². The molecule has 0 aliphatic carbocycles. The summed E-state index contributed by atoms with van der Waals surface area (Å²) in [6.07, 6.45) is 5.58. The Hall–Kier alpha value is -2.46. The summed E-state index contributed by atoms with van der Waals surface area (Å²) in [5, 5.41) is 4.63. The molecule has 3 heterocycles. The third-order valence-corrected chi connectivity index (χ3v) is 5.97. The maximum absolute atomic E-state index is 4.95. The first-order valence-electron chi connectivity index (χ1n) is 10.8. The highest BCUT2D eigenvalue weighted by Crippen LogP contribution is 2.33. The van der Waals surface area contributed by atoms with Crippen molar-refractivity contribution in [2.75, 3.05) is 6.54 Å². The van der Waals surface area contributed by atoms with Gasteiger partial charge in [-0.25, -0.2) is 0 Å². The summed E-state index contributed by atoms with van der Waals surface area (Å²) < 4.78 is 2.04. The molecule has 0 bridgehead atoms. The highest BCUT2D eigenvalue weighted by molar-refractivity contribution is 5.32. The lowest BCUT2D eigenvalue weighted by atomic mass is 10.0. The van der Waals surface area contributed by atoms with Gasteiger partial charge in [0, 0.05) is 30.5 Å². The number of nitrogens with zero attached hydrogens (tertiary/aromatic N) is 4. The monoisotopic (exact) mass is 388 g/mol. The Morgan fingerprint density at radius 3 is 2.69 bits per heavy atom. The molecular weight excluding hydrogens is 356 g/mol. The van der Waals surface area contributed by atoms with E-state index in [4.69, 9.17) is 4.98 Å². The van der Waals surface area contributed by atoms with Gasteiger partial charge in [-0.1, -0.05) is 29.8 Å². The van der Waals surface area contributed by atoms with Gasteiger partial charge >= 0.3 is 0 Å². The fourth-order valence-electron chi connectivity index (χ4n) is 4.54. The van der Waals surface area contributed by atoms with E-state index in [-0.39, 0.29) is 0 Å². The first kappa shape index (κ1) is 19.8. The summed E-state index contributed by atoms with van der Waals surface area (Å²) in [5.41, 5.74) is 8.88. The largest absolute Gasteiger partial charge is 0.290 e. The Morgan fingerprint density at radius 2 is 1.93 bits per heavy atom. The van der Waals surface area contributed by atoms with Crippen molar-refractivity contribution in [2.24, 2.45) is 0 Å². The number of pyridine rings is 1. The van der Waals surface area contributed by atoms with E-state index >= 15 is 0 Å². The lowest BCUT2D eigenvalue weighted by molar-refractivity contribution is 0.243. The quantitative estimate of drug-likeness (QED) is 0.585. The summed E-state index contributed by atoms with van der Waals surface area (Å²) >= 11 is 0. The normalized spacial score (nSPS) is 17.2. The van der Waals surface area contributed by atoms with Gasteiger partial charge in [0.1, 0.15) is 0 Å². The lowest BCUT2D eigenvalue weighted by Crippen LogP contribution is -2.24. The van der Waals surface area contributed by atoms with E-state index in [2.05, 4.69) is 80.3 Å². The van der Waals surface area contributed by atoms with Crippen LogP contribution in [0.5, 0.6) is 0 Å². The maximum atomic E-state index is 4.95. The average molecular weight is 389 g/mol. The topological polar surface area (TPSA) is 34.0 Å². The second-order valence-electron chi connectivity index (χ2n) is 8.43. The van der Waals surface area contributed by atoms with Crippen LogP contribution < -0.4 is 0 Å². The minimum atomic E-state index is 0.399. The minimum absolute atomic E-state index is 0.399. The maximum Gasteiger partial charge on any atom is 0.0638 e. The molecule has 0 amide bonds. The second kappa shape index (κ2) is 8.50. The molecule has 152 valence electrons. The zero-order valence-electron chi connectivity index (χ0n) is 18.2. The Balaban J connectivity index is 1.56. The fourth-order valence-corrected chi connectivity index (χ4v) is 4.54. The molecule has 1 aromatic carbocycles. The van der Waals surface area contributed by atoms with Crippen LogP contribution in [-0.2, 0) is 19.5 Å². The lowest BCUT2D eigenvalue weighted by Gasteiger charge is -2.24. The minimum Gasteiger partial charge on any atom is -0.290 e. The molecule has 4 nitrogen and oxygen atoms in total. The standard InChI is InChI=1S/C25H32N4/c1-5-29-17-23(20(4)27-29)16-28-11-7-10-25(28)24-15-22(13-19(3)26-24)14-21-9-6-8-18(2)12-21/h6,8-9,12-13,15,17,25H,5,7,10-11,14,16H2,1-4H3/t25-/m0/s1. The third-order valence-electron chi connectivity index (χ3n) is 5.97. The summed E-state index contributed by atoms with van der Waals surface area (Å²) in [4.78, 5) is 7.53. The number of likely N-dealkylation sites (tertiary alicyclic amines) is 1. The molecule has 1 aliphatic heterocycles. The van der Waals surface area contributed by atoms with Gasteiger partial charge in [-0.2, -0.15) is 5.10 Å². The predicted octanol–water partition coefficient (Wildman–Crippen LogP) is 5.15. The van der Waals surface area contributed by atoms with Crippen molar-refractivity contribution < 1.29 is 0 Å². The summed E-state index contributed by atoms with van der Waals surface area (Å²) in [6.45, 7) is 11.6. The molecule has 29 heavy (non-hydrogen) atoms. The van der Waals surface area contributed by atoms with Crippen LogP contribution in [0.15, 0.2) is 42.6 Å². The van der Waals surface area contributed by atoms with Crippen LogP contribution in [0.2, 0.25) is 0 Å². The van der Waals surface area contributed by atoms with Crippen LogP contribution in [0.3, 0.4) is 0 Å². The van der Waals surface area contributed by atoms with Gasteiger partial charge in [-0.15, -0.1) is 0 Å². The SMILES string of the molecule is CCn1cc(CN2CCC[C@H]2c2cc(Cc3cccc(C)c3)cc(C)n2)c(C)n1. The number of benzene rings is 1. The third kappa shape index (κ3) is 4.59. The van der Waals surface area contributed by atoms with Crippen molar-refractivity contribution in [3.05, 3.63) is 81.9 Å². The number of aromatic nitrogens is 3. The van der Waals surface area contributed by atoms with E-state index in [0.717, 1.165) is 37.4 Å². The van der Waals surface area contributed by atoms with Gasteiger partial charge in [-0.05, 0) is 76.8 Å². The molecule has 0 spiro atoms. The van der Waals surface area contributed by atoms with Gasteiger partial charge in [-0.3, -0.25) is 14.6 Å². The van der Waals surface area contributed by atoms with Crippen molar-refractivity contribution in [1.82, 2.24) is 19.7 Å². The van der Waals surface area contributed by atoms with Gasteiger partial charge in [0.25, 0.3) is 0 Å². The molecule has 1 aliphatic rings. The van der Waals surface area contributed by atoms with E-state index in [1.165, 1.54) is 40.8 Å². The average Bonchev–Trinajstić information content (AvgIpc) is 3.28. The van der Waals surface area contributed by atoms with Crippen LogP contribution >= 0.6 is 0 Å². The smallest absolute Gasteiger partial charge is 0.0638 e. The summed E-state index contributed by atoms with van der Waals surface area (Å²) in [5.74, 6) is 0. The van der Waals surface area contributed by atoms with Gasteiger partial charge in [0.2, 0.25) is 0 Å². The zero-order valence-corrected chi connectivity index (χ0v) is 18.2. The molecule has 4 heteroatoms. The predicted molar refractivity (Wildman–Crippen MR) is 118 cm³/mol. The Bertz CT molecular complexity index is 988. The fraction of sp³-hybridized carbons (Fsp3) is 0.440. The number of hydrogen-bond acceptors (Lipinski definition) is 3. The van der Waals surface area contributed by atoms with Gasteiger partial charge in [0.05, 0.1) is 17.4 Å². The van der Waals surface area contributed by atoms with Crippen molar-refractivity contribution in [2.45, 2.75) is 66.1 Å².